The minimum absolute atomic E-state index is 0.0367. The van der Waals surface area contributed by atoms with E-state index in [0.29, 0.717) is 35.2 Å². The molecule has 0 amide bonds. The molecule has 152 valence electrons. The van der Waals surface area contributed by atoms with Crippen LogP contribution in [0.1, 0.15) is 39.0 Å². The molecular weight excluding hydrogens is 385 g/mol. The molecule has 5 nitrogen and oxygen atoms in total. The van der Waals surface area contributed by atoms with Crippen molar-refractivity contribution < 1.29 is 27.5 Å². The van der Waals surface area contributed by atoms with Crippen LogP contribution in [-0.4, -0.2) is 34.4 Å². The molecule has 0 saturated heterocycles. The van der Waals surface area contributed by atoms with Crippen LogP contribution in [0.3, 0.4) is 0 Å². The van der Waals surface area contributed by atoms with Crippen LogP contribution in [0, 0.1) is 0 Å². The summed E-state index contributed by atoms with van der Waals surface area (Å²) in [5, 5.41) is 0.270. The molecule has 0 spiro atoms. The van der Waals surface area contributed by atoms with Crippen LogP contribution in [0.5, 0.6) is 5.75 Å². The van der Waals surface area contributed by atoms with Crippen LogP contribution < -0.4 is 4.74 Å². The Bertz CT molecular complexity index is 1060. The zero-order valence-electron chi connectivity index (χ0n) is 15.9. The first kappa shape index (κ1) is 20.6. The number of hydrogen-bond donors (Lipinski definition) is 0. The van der Waals surface area contributed by atoms with Gasteiger partial charge in [-0.3, -0.25) is 9.59 Å². The molecule has 29 heavy (non-hydrogen) atoms. The molecule has 3 rings (SSSR count). The Morgan fingerprint density at radius 2 is 1.93 bits per heavy atom. The van der Waals surface area contributed by atoms with Gasteiger partial charge in [0.15, 0.2) is 24.4 Å². The first-order valence-corrected chi connectivity index (χ1v) is 8.99. The summed E-state index contributed by atoms with van der Waals surface area (Å²) < 4.78 is 44.3. The predicted octanol–water partition coefficient (Wildman–Crippen LogP) is 4.31. The molecule has 2 heterocycles. The van der Waals surface area contributed by atoms with Crippen LogP contribution in [0.2, 0.25) is 0 Å². The van der Waals surface area contributed by atoms with E-state index in [0.717, 1.165) is 0 Å². The normalized spacial score (nSPS) is 11.6. The molecule has 0 unspecified atom stereocenters. The number of halogens is 3. The van der Waals surface area contributed by atoms with Crippen molar-refractivity contribution >= 4 is 23.1 Å². The van der Waals surface area contributed by atoms with Gasteiger partial charge in [0.25, 0.3) is 0 Å². The van der Waals surface area contributed by atoms with Gasteiger partial charge >= 0.3 is 6.18 Å². The van der Waals surface area contributed by atoms with Gasteiger partial charge in [-0.1, -0.05) is 37.3 Å². The summed E-state index contributed by atoms with van der Waals surface area (Å²) in [6.45, 7) is 0.343. The number of carbonyl (C=O) groups excluding carboxylic acids is 2. The molecule has 0 aliphatic carbocycles. The van der Waals surface area contributed by atoms with Crippen LogP contribution in [0.25, 0.3) is 11.0 Å². The second kappa shape index (κ2) is 8.06. The molecular formula is C21H19F3N2O3. The first-order valence-electron chi connectivity index (χ1n) is 8.99. The van der Waals surface area contributed by atoms with Crippen molar-refractivity contribution in [3.63, 3.8) is 0 Å². The first-order chi connectivity index (χ1) is 13.7. The maximum absolute atomic E-state index is 12.7. The fraction of sp³-hybridized carbons (Fsp3) is 0.286. The number of fused-ring (bicyclic) bond motifs is 1. The second-order valence-corrected chi connectivity index (χ2v) is 6.58. The highest BCUT2D eigenvalue weighted by atomic mass is 19.4. The molecule has 3 aromatic rings. The Labute approximate surface area is 165 Å². The molecule has 0 fully saturated rings. The van der Waals surface area contributed by atoms with E-state index in [1.165, 1.54) is 11.6 Å². The average Bonchev–Trinajstić information content (AvgIpc) is 2.96. The minimum atomic E-state index is -4.55. The van der Waals surface area contributed by atoms with Crippen molar-refractivity contribution in [2.45, 2.75) is 25.9 Å². The van der Waals surface area contributed by atoms with E-state index >= 15 is 0 Å². The Morgan fingerprint density at radius 1 is 1.24 bits per heavy atom. The van der Waals surface area contributed by atoms with E-state index in [9.17, 15) is 22.8 Å². The van der Waals surface area contributed by atoms with E-state index in [2.05, 4.69) is 4.98 Å². The number of benzene rings is 1. The van der Waals surface area contributed by atoms with E-state index in [1.807, 2.05) is 6.92 Å². The van der Waals surface area contributed by atoms with Crippen LogP contribution in [0.4, 0.5) is 13.2 Å². The number of nitrogens with zero attached hydrogens (tertiary/aromatic N) is 2. The topological polar surface area (TPSA) is 61.2 Å². The highest BCUT2D eigenvalue weighted by Crippen LogP contribution is 2.34. The summed E-state index contributed by atoms with van der Waals surface area (Å²) in [6, 6.07) is 10.3. The van der Waals surface area contributed by atoms with Crippen molar-refractivity contribution in [3.8, 4) is 5.75 Å². The maximum atomic E-state index is 12.7. The number of aryl methyl sites for hydroxylation is 2. The van der Waals surface area contributed by atoms with Gasteiger partial charge in [-0.15, -0.1) is 0 Å². The number of carbonyl (C=O) groups is 2. The largest absolute Gasteiger partial charge is 0.481 e. The third-order valence-electron chi connectivity index (χ3n) is 4.60. The summed E-state index contributed by atoms with van der Waals surface area (Å²) in [4.78, 5) is 28.6. The third kappa shape index (κ3) is 4.31. The second-order valence-electron chi connectivity index (χ2n) is 6.58. The molecule has 0 aliphatic heterocycles. The zero-order valence-corrected chi connectivity index (χ0v) is 15.9. The van der Waals surface area contributed by atoms with Gasteiger partial charge in [0.1, 0.15) is 11.3 Å². The molecule has 1 aromatic carbocycles. The smallest absolute Gasteiger partial charge is 0.422 e. The summed E-state index contributed by atoms with van der Waals surface area (Å²) in [5.41, 5.74) is 2.06. The molecule has 0 aliphatic rings. The van der Waals surface area contributed by atoms with Gasteiger partial charge in [0.05, 0.1) is 5.39 Å². The number of aromatic nitrogens is 2. The highest BCUT2D eigenvalue weighted by Gasteiger charge is 2.30. The van der Waals surface area contributed by atoms with E-state index in [1.54, 1.807) is 36.4 Å². The standard InChI is InChI=1S/C21H19F3N2O3/c1-3-16-14(10-18(28)13-7-5-4-6-8-13)9-15-19(29-12-21(22,23)24)17(11-27)26(2)20(15)25-16/h4-9,11H,3,10,12H2,1-2H3. The zero-order chi connectivity index (χ0) is 21.2. The van der Waals surface area contributed by atoms with Crippen molar-refractivity contribution in [1.82, 2.24) is 9.55 Å². The van der Waals surface area contributed by atoms with E-state index in [-0.39, 0.29) is 29.0 Å². The van der Waals surface area contributed by atoms with Gasteiger partial charge in [-0.25, -0.2) is 4.98 Å². The Kier molecular flexibility index (Phi) is 5.72. The number of pyridine rings is 1. The fourth-order valence-electron chi connectivity index (χ4n) is 3.21. The maximum Gasteiger partial charge on any atom is 0.422 e. The lowest BCUT2D eigenvalue weighted by atomic mass is 10.00. The number of alkyl halides is 3. The number of ether oxygens (including phenoxy) is 1. The number of Topliss-reactive ketones (excluding diaryl/α,β-unsaturated/α-hetero) is 1. The van der Waals surface area contributed by atoms with E-state index < -0.39 is 12.8 Å². The van der Waals surface area contributed by atoms with Crippen molar-refractivity contribution in [1.29, 1.82) is 0 Å². The SMILES string of the molecule is CCc1nc2c(cc1CC(=O)c1ccccc1)c(OCC(F)(F)F)c(C=O)n2C. The summed E-state index contributed by atoms with van der Waals surface area (Å²) in [7, 11) is 1.54. The quantitative estimate of drug-likeness (QED) is 0.435. The van der Waals surface area contributed by atoms with Crippen LogP contribution >= 0.6 is 0 Å². The van der Waals surface area contributed by atoms with Gasteiger partial charge in [-0.05, 0) is 18.1 Å². The number of ketones is 1. The van der Waals surface area contributed by atoms with E-state index in [4.69, 9.17) is 4.74 Å². The molecule has 8 heteroatoms. The average molecular weight is 404 g/mol. The Hall–Kier alpha value is -3.16. The molecule has 0 bridgehead atoms. The fourth-order valence-corrected chi connectivity index (χ4v) is 3.21. The summed E-state index contributed by atoms with van der Waals surface area (Å²) in [6.07, 6.45) is -3.55. The molecule has 0 atom stereocenters. The van der Waals surface area contributed by atoms with Gasteiger partial charge < -0.3 is 9.30 Å². The lowest BCUT2D eigenvalue weighted by Crippen LogP contribution is -2.19. The minimum Gasteiger partial charge on any atom is -0.481 e. The monoisotopic (exact) mass is 404 g/mol. The van der Waals surface area contributed by atoms with Crippen LogP contribution in [0.15, 0.2) is 36.4 Å². The molecule has 0 saturated carbocycles. The molecule has 2 aromatic heterocycles. The number of rotatable bonds is 7. The lowest BCUT2D eigenvalue weighted by Gasteiger charge is -2.10. The summed E-state index contributed by atoms with van der Waals surface area (Å²) in [5.74, 6) is -0.316. The van der Waals surface area contributed by atoms with Crippen molar-refractivity contribution in [2.24, 2.45) is 7.05 Å². The van der Waals surface area contributed by atoms with Crippen molar-refractivity contribution in [2.75, 3.05) is 6.61 Å². The highest BCUT2D eigenvalue weighted by molar-refractivity contribution is 5.99. The molecule has 0 radical (unpaired) electrons. The predicted molar refractivity (Wildman–Crippen MR) is 102 cm³/mol. The van der Waals surface area contributed by atoms with Gasteiger partial charge in [0, 0.05) is 24.7 Å². The lowest BCUT2D eigenvalue weighted by molar-refractivity contribution is -0.153. The van der Waals surface area contributed by atoms with Crippen LogP contribution in [-0.2, 0) is 19.9 Å². The molecule has 0 N–H and O–H groups in total. The Balaban J connectivity index is 2.08. The Morgan fingerprint density at radius 3 is 2.52 bits per heavy atom. The van der Waals surface area contributed by atoms with Gasteiger partial charge in [-0.2, -0.15) is 13.2 Å². The third-order valence-corrected chi connectivity index (χ3v) is 4.60. The summed E-state index contributed by atoms with van der Waals surface area (Å²) >= 11 is 0. The van der Waals surface area contributed by atoms with Crippen molar-refractivity contribution in [3.05, 3.63) is 58.9 Å². The number of aldehydes is 1. The number of hydrogen-bond acceptors (Lipinski definition) is 4. The van der Waals surface area contributed by atoms with Gasteiger partial charge in [0.2, 0.25) is 0 Å².